The molecule has 0 aliphatic rings. The Hall–Kier alpha value is -2.29. The highest BCUT2D eigenvalue weighted by Gasteiger charge is 2.21. The second-order valence-electron chi connectivity index (χ2n) is 5.71. The Balaban J connectivity index is 2.04. The summed E-state index contributed by atoms with van der Waals surface area (Å²) in [6.45, 7) is 6.04. The van der Waals surface area contributed by atoms with Gasteiger partial charge in [0.15, 0.2) is 6.10 Å². The summed E-state index contributed by atoms with van der Waals surface area (Å²) in [7, 11) is 0. The van der Waals surface area contributed by atoms with Gasteiger partial charge in [-0.2, -0.15) is 0 Å². The van der Waals surface area contributed by atoms with Crippen molar-refractivity contribution in [2.45, 2.75) is 45.8 Å². The van der Waals surface area contributed by atoms with E-state index in [4.69, 9.17) is 4.74 Å². The molecule has 0 heterocycles. The quantitative estimate of drug-likeness (QED) is 0.822. The smallest absolute Gasteiger partial charge is 0.261 e. The van der Waals surface area contributed by atoms with Gasteiger partial charge in [-0.05, 0) is 43.0 Å². The molecule has 0 radical (unpaired) electrons. The molecule has 0 aliphatic heterocycles. The summed E-state index contributed by atoms with van der Waals surface area (Å²) in [5.41, 5.74) is 2.24. The van der Waals surface area contributed by atoms with Crippen LogP contribution in [-0.4, -0.2) is 12.0 Å². The van der Waals surface area contributed by atoms with E-state index in [1.807, 2.05) is 68.4 Å². The number of amides is 1. The average molecular weight is 311 g/mol. The Labute approximate surface area is 138 Å². The fourth-order valence-corrected chi connectivity index (χ4v) is 2.55. The van der Waals surface area contributed by atoms with Gasteiger partial charge in [0.2, 0.25) is 0 Å². The Bertz CT molecular complexity index is 625. The number of aryl methyl sites for hydroxylation is 1. The second kappa shape index (κ2) is 8.37. The molecule has 3 heteroatoms. The van der Waals surface area contributed by atoms with Crippen LogP contribution < -0.4 is 10.1 Å². The zero-order chi connectivity index (χ0) is 16.7. The maximum Gasteiger partial charge on any atom is 0.261 e. The average Bonchev–Trinajstić information content (AvgIpc) is 2.58. The molecule has 0 aromatic heterocycles. The maximum atomic E-state index is 12.6. The Morgan fingerprint density at radius 2 is 1.78 bits per heavy atom. The Morgan fingerprint density at radius 3 is 2.39 bits per heavy atom. The van der Waals surface area contributed by atoms with E-state index < -0.39 is 6.10 Å². The molecule has 0 bridgehead atoms. The van der Waals surface area contributed by atoms with Crippen LogP contribution in [0.3, 0.4) is 0 Å². The molecule has 2 aromatic carbocycles. The number of nitrogens with one attached hydrogen (secondary N) is 1. The van der Waals surface area contributed by atoms with Crippen molar-refractivity contribution >= 4 is 5.91 Å². The second-order valence-corrected chi connectivity index (χ2v) is 5.71. The summed E-state index contributed by atoms with van der Waals surface area (Å²) in [5, 5.41) is 3.10. The molecule has 0 unspecified atom stereocenters. The van der Waals surface area contributed by atoms with Crippen molar-refractivity contribution in [1.29, 1.82) is 0 Å². The molecular formula is C20H25NO2. The minimum atomic E-state index is -0.477. The molecule has 0 saturated carbocycles. The van der Waals surface area contributed by atoms with Crippen molar-refractivity contribution in [2.75, 3.05) is 0 Å². The highest BCUT2D eigenvalue weighted by atomic mass is 16.5. The van der Waals surface area contributed by atoms with Gasteiger partial charge < -0.3 is 10.1 Å². The number of hydrogen-bond donors (Lipinski definition) is 1. The van der Waals surface area contributed by atoms with Crippen molar-refractivity contribution in [3.63, 3.8) is 0 Å². The van der Waals surface area contributed by atoms with Crippen LogP contribution in [0, 0.1) is 6.92 Å². The molecule has 0 spiro atoms. The molecule has 2 rings (SSSR count). The minimum Gasteiger partial charge on any atom is -0.481 e. The van der Waals surface area contributed by atoms with Gasteiger partial charge in [-0.25, -0.2) is 0 Å². The highest BCUT2D eigenvalue weighted by molar-refractivity contribution is 5.81. The monoisotopic (exact) mass is 311 g/mol. The van der Waals surface area contributed by atoms with Gasteiger partial charge in [0.25, 0.3) is 5.91 Å². The van der Waals surface area contributed by atoms with Gasteiger partial charge in [0.1, 0.15) is 5.75 Å². The predicted molar refractivity (Wildman–Crippen MR) is 93.5 cm³/mol. The predicted octanol–water partition coefficient (Wildman–Crippen LogP) is 4.42. The Kier molecular flexibility index (Phi) is 6.21. The van der Waals surface area contributed by atoms with E-state index >= 15 is 0 Å². The van der Waals surface area contributed by atoms with Crippen LogP contribution in [-0.2, 0) is 4.79 Å². The van der Waals surface area contributed by atoms with E-state index in [1.165, 1.54) is 0 Å². The van der Waals surface area contributed by atoms with Crippen molar-refractivity contribution < 1.29 is 9.53 Å². The van der Waals surface area contributed by atoms with Gasteiger partial charge in [-0.15, -0.1) is 0 Å². The van der Waals surface area contributed by atoms with Crippen molar-refractivity contribution in [1.82, 2.24) is 5.32 Å². The summed E-state index contributed by atoms with van der Waals surface area (Å²) >= 11 is 0. The van der Waals surface area contributed by atoms with Crippen molar-refractivity contribution in [3.05, 3.63) is 65.7 Å². The largest absolute Gasteiger partial charge is 0.481 e. The molecule has 122 valence electrons. The van der Waals surface area contributed by atoms with Crippen molar-refractivity contribution in [3.8, 4) is 5.75 Å². The molecular weight excluding hydrogens is 286 g/mol. The van der Waals surface area contributed by atoms with Crippen LogP contribution >= 0.6 is 0 Å². The number of hydrogen-bond acceptors (Lipinski definition) is 2. The van der Waals surface area contributed by atoms with Crippen LogP contribution in [0.5, 0.6) is 5.75 Å². The first-order valence-corrected chi connectivity index (χ1v) is 8.22. The zero-order valence-corrected chi connectivity index (χ0v) is 14.1. The molecule has 0 aliphatic carbocycles. The Morgan fingerprint density at radius 1 is 1.04 bits per heavy atom. The van der Waals surface area contributed by atoms with Gasteiger partial charge >= 0.3 is 0 Å². The third-order valence-corrected chi connectivity index (χ3v) is 3.86. The summed E-state index contributed by atoms with van der Waals surface area (Å²) in [6.07, 6.45) is 0.997. The molecule has 1 N–H and O–H groups in total. The van der Waals surface area contributed by atoms with Gasteiger partial charge in [0.05, 0.1) is 6.04 Å². The van der Waals surface area contributed by atoms with Gasteiger partial charge in [0, 0.05) is 0 Å². The molecule has 1 amide bonds. The van der Waals surface area contributed by atoms with E-state index in [1.54, 1.807) is 0 Å². The summed E-state index contributed by atoms with van der Waals surface area (Å²) in [4.78, 5) is 12.6. The zero-order valence-electron chi connectivity index (χ0n) is 14.1. The van der Waals surface area contributed by atoms with Gasteiger partial charge in [-0.1, -0.05) is 56.3 Å². The molecule has 0 saturated heterocycles. The number of carbonyl (C=O) groups excluding carboxylic acids is 1. The lowest BCUT2D eigenvalue weighted by Crippen LogP contribution is -2.39. The fraction of sp³-hybridized carbons (Fsp3) is 0.350. The maximum absolute atomic E-state index is 12.6. The van der Waals surface area contributed by atoms with E-state index in [2.05, 4.69) is 12.2 Å². The lowest BCUT2D eigenvalue weighted by Gasteiger charge is -2.22. The lowest BCUT2D eigenvalue weighted by molar-refractivity contribution is -0.128. The highest BCUT2D eigenvalue weighted by Crippen LogP contribution is 2.19. The first kappa shape index (κ1) is 17.1. The van der Waals surface area contributed by atoms with E-state index in [0.717, 1.165) is 23.3 Å². The third kappa shape index (κ3) is 4.85. The number of carbonyl (C=O) groups is 1. The number of benzene rings is 2. The molecule has 2 aromatic rings. The van der Waals surface area contributed by atoms with Crippen molar-refractivity contribution in [2.24, 2.45) is 0 Å². The van der Waals surface area contributed by atoms with Crippen LogP contribution in [0.4, 0.5) is 0 Å². The molecule has 3 nitrogen and oxygen atoms in total. The first-order chi connectivity index (χ1) is 11.1. The van der Waals surface area contributed by atoms with E-state index in [0.29, 0.717) is 6.42 Å². The normalized spacial score (nSPS) is 13.2. The fourth-order valence-electron chi connectivity index (χ4n) is 2.55. The third-order valence-electron chi connectivity index (χ3n) is 3.86. The lowest BCUT2D eigenvalue weighted by atomic mass is 10.0. The SMILES string of the molecule is CC[C@H](Oc1cccc(C)c1)C(=O)N[C@H](CC)c1ccccc1. The molecule has 23 heavy (non-hydrogen) atoms. The van der Waals surface area contributed by atoms with E-state index in [9.17, 15) is 4.79 Å². The number of rotatable bonds is 7. The van der Waals surface area contributed by atoms with Crippen LogP contribution in [0.25, 0.3) is 0 Å². The molecule has 2 atom stereocenters. The number of ether oxygens (including phenoxy) is 1. The standard InChI is InChI=1S/C20H25NO2/c1-4-18(16-11-7-6-8-12-16)21-20(22)19(5-2)23-17-13-9-10-15(3)14-17/h6-14,18-19H,4-5H2,1-3H3,(H,21,22)/t18-,19+/m1/s1. The minimum absolute atomic E-state index is 0.0128. The van der Waals surface area contributed by atoms with Gasteiger partial charge in [-0.3, -0.25) is 4.79 Å². The summed E-state index contributed by atoms with van der Waals surface area (Å²) < 4.78 is 5.88. The van der Waals surface area contributed by atoms with Crippen LogP contribution in [0.15, 0.2) is 54.6 Å². The topological polar surface area (TPSA) is 38.3 Å². The summed E-state index contributed by atoms with van der Waals surface area (Å²) in [6, 6.07) is 17.8. The van der Waals surface area contributed by atoms with Crippen LogP contribution in [0.2, 0.25) is 0 Å². The van der Waals surface area contributed by atoms with Crippen LogP contribution in [0.1, 0.15) is 43.9 Å². The first-order valence-electron chi connectivity index (χ1n) is 8.22. The van der Waals surface area contributed by atoms with E-state index in [-0.39, 0.29) is 11.9 Å². The summed E-state index contributed by atoms with van der Waals surface area (Å²) in [5.74, 6) is 0.671. The molecule has 0 fully saturated rings.